The van der Waals surface area contributed by atoms with E-state index in [4.69, 9.17) is 0 Å². The fraction of sp³-hybridized carbons (Fsp3) is 0. The third kappa shape index (κ3) is 3.12. The van der Waals surface area contributed by atoms with E-state index in [0.29, 0.717) is 5.52 Å². The van der Waals surface area contributed by atoms with Gasteiger partial charge in [-0.25, -0.2) is 0 Å². The molecule has 0 unspecified atom stereocenters. The molecule has 3 aromatic carbocycles. The first-order valence-corrected chi connectivity index (χ1v) is 8.07. The summed E-state index contributed by atoms with van der Waals surface area (Å²) in [6.07, 6.45) is 3.49. The van der Waals surface area contributed by atoms with Crippen LogP contribution in [0, 0.1) is 0 Å². The van der Waals surface area contributed by atoms with E-state index in [1.807, 2.05) is 48.7 Å². The average Bonchev–Trinajstić information content (AvgIpc) is 2.69. The van der Waals surface area contributed by atoms with Gasteiger partial charge in [0.1, 0.15) is 11.3 Å². The molecular weight excluding hydrogens is 308 g/mol. The number of phenolic OH excluding ortho intramolecular Hbond substituents is 1. The fourth-order valence-electron chi connectivity index (χ4n) is 2.79. The topological polar surface area (TPSA) is 45.5 Å². The maximum atomic E-state index is 9.91. The number of aromatic nitrogens is 1. The fourth-order valence-corrected chi connectivity index (χ4v) is 2.79. The molecule has 4 aromatic rings. The van der Waals surface area contributed by atoms with Crippen molar-refractivity contribution in [3.05, 3.63) is 90.6 Å². The molecule has 3 heteroatoms. The van der Waals surface area contributed by atoms with Crippen LogP contribution in [0.25, 0.3) is 22.0 Å². The van der Waals surface area contributed by atoms with Crippen LogP contribution in [0.4, 0.5) is 5.69 Å². The molecule has 4 rings (SSSR count). The molecular formula is C22H16N2O. The van der Waals surface area contributed by atoms with Gasteiger partial charge >= 0.3 is 0 Å². The molecule has 0 aliphatic rings. The lowest BCUT2D eigenvalue weighted by Crippen LogP contribution is -1.83. The second kappa shape index (κ2) is 6.57. The molecule has 0 atom stereocenters. The van der Waals surface area contributed by atoms with Gasteiger partial charge in [0.2, 0.25) is 0 Å². The van der Waals surface area contributed by atoms with E-state index in [2.05, 4.69) is 34.2 Å². The number of benzene rings is 3. The highest BCUT2D eigenvalue weighted by Gasteiger charge is 2.04. The summed E-state index contributed by atoms with van der Waals surface area (Å²) in [5, 5.41) is 10.7. The lowest BCUT2D eigenvalue weighted by Gasteiger charge is -2.04. The number of hydrogen-bond donors (Lipinski definition) is 1. The van der Waals surface area contributed by atoms with Crippen LogP contribution in [0.3, 0.4) is 0 Å². The summed E-state index contributed by atoms with van der Waals surface area (Å²) in [5.41, 5.74) is 4.74. The molecule has 0 amide bonds. The second-order valence-electron chi connectivity index (χ2n) is 5.75. The second-order valence-corrected chi connectivity index (χ2v) is 5.75. The summed E-state index contributed by atoms with van der Waals surface area (Å²) in [6.45, 7) is 0. The molecule has 0 saturated carbocycles. The molecule has 0 spiro atoms. The Kier molecular flexibility index (Phi) is 3.97. The molecule has 1 N–H and O–H groups in total. The van der Waals surface area contributed by atoms with Crippen molar-refractivity contribution < 1.29 is 5.11 Å². The van der Waals surface area contributed by atoms with Crippen molar-refractivity contribution in [1.29, 1.82) is 0 Å². The van der Waals surface area contributed by atoms with Gasteiger partial charge in [0.25, 0.3) is 0 Å². The smallest absolute Gasteiger partial charge is 0.141 e. The number of pyridine rings is 1. The first-order chi connectivity index (χ1) is 12.3. The van der Waals surface area contributed by atoms with Gasteiger partial charge < -0.3 is 5.11 Å². The van der Waals surface area contributed by atoms with Gasteiger partial charge in [-0.05, 0) is 41.0 Å². The average molecular weight is 324 g/mol. The zero-order valence-electron chi connectivity index (χ0n) is 13.5. The lowest BCUT2D eigenvalue weighted by molar-refractivity contribution is 0.480. The molecule has 0 fully saturated rings. The third-order valence-corrected chi connectivity index (χ3v) is 4.10. The van der Waals surface area contributed by atoms with Crippen molar-refractivity contribution in [2.24, 2.45) is 4.99 Å². The minimum absolute atomic E-state index is 0.168. The zero-order valence-corrected chi connectivity index (χ0v) is 13.5. The van der Waals surface area contributed by atoms with Crippen molar-refractivity contribution in [3.8, 4) is 16.9 Å². The maximum absolute atomic E-state index is 9.91. The van der Waals surface area contributed by atoms with Gasteiger partial charge in [-0.1, -0.05) is 54.6 Å². The number of aliphatic imine (C=N–C) groups is 1. The van der Waals surface area contributed by atoms with E-state index in [0.717, 1.165) is 16.6 Å². The standard InChI is InChI=1S/C22H16N2O/c25-21-13-12-20(19-7-4-14-23-22(19)21)24-15-16-8-10-18(11-9-16)17-5-2-1-3-6-17/h1-15,25H. The lowest BCUT2D eigenvalue weighted by atomic mass is 10.0. The quantitative estimate of drug-likeness (QED) is 0.516. The van der Waals surface area contributed by atoms with Crippen LogP contribution in [0.2, 0.25) is 0 Å². The van der Waals surface area contributed by atoms with Crippen LogP contribution in [0.1, 0.15) is 5.56 Å². The van der Waals surface area contributed by atoms with Crippen molar-refractivity contribution in [2.45, 2.75) is 0 Å². The van der Waals surface area contributed by atoms with Crippen LogP contribution in [-0.4, -0.2) is 16.3 Å². The number of nitrogens with zero attached hydrogens (tertiary/aromatic N) is 2. The minimum Gasteiger partial charge on any atom is -0.506 e. The number of fused-ring (bicyclic) bond motifs is 1. The Bertz CT molecular complexity index is 1040. The highest BCUT2D eigenvalue weighted by atomic mass is 16.3. The Morgan fingerprint density at radius 2 is 1.52 bits per heavy atom. The highest BCUT2D eigenvalue weighted by Crippen LogP contribution is 2.30. The summed E-state index contributed by atoms with van der Waals surface area (Å²) in [4.78, 5) is 8.79. The molecule has 1 heterocycles. The Balaban J connectivity index is 1.64. The van der Waals surface area contributed by atoms with E-state index in [1.54, 1.807) is 18.3 Å². The van der Waals surface area contributed by atoms with Gasteiger partial charge in [0, 0.05) is 17.8 Å². The Morgan fingerprint density at radius 3 is 2.32 bits per heavy atom. The van der Waals surface area contributed by atoms with Crippen LogP contribution in [0.15, 0.2) is 90.1 Å². The molecule has 0 radical (unpaired) electrons. The van der Waals surface area contributed by atoms with Gasteiger partial charge in [0.05, 0.1) is 5.69 Å². The van der Waals surface area contributed by atoms with E-state index >= 15 is 0 Å². The zero-order chi connectivity index (χ0) is 17.1. The molecule has 120 valence electrons. The summed E-state index contributed by atoms with van der Waals surface area (Å²) in [6, 6.07) is 25.7. The molecule has 3 nitrogen and oxygen atoms in total. The summed E-state index contributed by atoms with van der Waals surface area (Å²) < 4.78 is 0. The van der Waals surface area contributed by atoms with Gasteiger partial charge in [-0.3, -0.25) is 9.98 Å². The van der Waals surface area contributed by atoms with Crippen LogP contribution in [0.5, 0.6) is 5.75 Å². The van der Waals surface area contributed by atoms with E-state index in [1.165, 1.54) is 11.1 Å². The van der Waals surface area contributed by atoms with E-state index in [9.17, 15) is 5.11 Å². The molecule has 0 aliphatic heterocycles. The van der Waals surface area contributed by atoms with Crippen molar-refractivity contribution >= 4 is 22.8 Å². The predicted molar refractivity (Wildman–Crippen MR) is 103 cm³/mol. The minimum atomic E-state index is 0.168. The van der Waals surface area contributed by atoms with Crippen molar-refractivity contribution in [1.82, 2.24) is 4.98 Å². The SMILES string of the molecule is Oc1ccc(N=Cc2ccc(-c3ccccc3)cc2)c2cccnc12. The molecule has 0 saturated heterocycles. The third-order valence-electron chi connectivity index (χ3n) is 4.10. The monoisotopic (exact) mass is 324 g/mol. The first kappa shape index (κ1) is 15.1. The number of rotatable bonds is 3. The van der Waals surface area contributed by atoms with Crippen LogP contribution in [-0.2, 0) is 0 Å². The largest absolute Gasteiger partial charge is 0.506 e. The van der Waals surface area contributed by atoms with Crippen molar-refractivity contribution in [3.63, 3.8) is 0 Å². The number of phenols is 1. The Labute approximate surface area is 146 Å². The van der Waals surface area contributed by atoms with E-state index < -0.39 is 0 Å². The molecule has 0 bridgehead atoms. The normalized spacial score (nSPS) is 11.2. The maximum Gasteiger partial charge on any atom is 0.141 e. The molecule has 25 heavy (non-hydrogen) atoms. The predicted octanol–water partition coefficient (Wildman–Crippen LogP) is 5.36. The number of hydrogen-bond acceptors (Lipinski definition) is 3. The van der Waals surface area contributed by atoms with Crippen LogP contribution < -0.4 is 0 Å². The Morgan fingerprint density at radius 1 is 0.760 bits per heavy atom. The van der Waals surface area contributed by atoms with Gasteiger partial charge in [-0.2, -0.15) is 0 Å². The van der Waals surface area contributed by atoms with Gasteiger partial charge in [0.15, 0.2) is 0 Å². The molecule has 1 aromatic heterocycles. The number of aromatic hydroxyl groups is 1. The summed E-state index contributed by atoms with van der Waals surface area (Å²) in [5.74, 6) is 0.168. The van der Waals surface area contributed by atoms with E-state index in [-0.39, 0.29) is 5.75 Å². The summed E-state index contributed by atoms with van der Waals surface area (Å²) >= 11 is 0. The molecule has 0 aliphatic carbocycles. The summed E-state index contributed by atoms with van der Waals surface area (Å²) in [7, 11) is 0. The Hall–Kier alpha value is -3.46. The first-order valence-electron chi connectivity index (χ1n) is 8.07. The highest BCUT2D eigenvalue weighted by molar-refractivity contribution is 5.96. The van der Waals surface area contributed by atoms with Crippen LogP contribution >= 0.6 is 0 Å². The van der Waals surface area contributed by atoms with Gasteiger partial charge in [-0.15, -0.1) is 0 Å². The van der Waals surface area contributed by atoms with Crippen molar-refractivity contribution in [2.75, 3.05) is 0 Å².